The van der Waals surface area contributed by atoms with E-state index in [0.29, 0.717) is 6.54 Å². The van der Waals surface area contributed by atoms with Crippen molar-refractivity contribution in [2.45, 2.75) is 6.54 Å². The van der Waals surface area contributed by atoms with Gasteiger partial charge in [0.1, 0.15) is 12.1 Å². The van der Waals surface area contributed by atoms with Gasteiger partial charge in [-0.25, -0.2) is 14.5 Å². The fraction of sp³-hybridized carbons (Fsp3) is 0.250. The van der Waals surface area contributed by atoms with E-state index in [0.717, 1.165) is 15.8 Å². The largest absolute Gasteiger partial charge is 0.496 e. The smallest absolute Gasteiger partial charge is 0.377 e. The van der Waals surface area contributed by atoms with Gasteiger partial charge in [-0.1, -0.05) is 6.07 Å². The lowest BCUT2D eigenvalue weighted by atomic mass is 10.2. The zero-order valence-electron chi connectivity index (χ0n) is 10.5. The summed E-state index contributed by atoms with van der Waals surface area (Å²) in [7, 11) is 2.91. The molecule has 100 valence electrons. The lowest BCUT2D eigenvalue weighted by Crippen LogP contribution is -2.06. The fourth-order valence-electron chi connectivity index (χ4n) is 1.55. The van der Waals surface area contributed by atoms with Gasteiger partial charge in [-0.05, 0) is 33.6 Å². The zero-order valence-corrected chi connectivity index (χ0v) is 12.0. The Kier molecular flexibility index (Phi) is 4.16. The van der Waals surface area contributed by atoms with Crippen LogP contribution in [0.25, 0.3) is 0 Å². The van der Waals surface area contributed by atoms with Crippen molar-refractivity contribution in [3.8, 4) is 5.75 Å². The molecule has 1 heterocycles. The van der Waals surface area contributed by atoms with Crippen LogP contribution in [-0.2, 0) is 11.3 Å². The molecule has 7 heteroatoms. The van der Waals surface area contributed by atoms with E-state index in [1.165, 1.54) is 13.4 Å². The van der Waals surface area contributed by atoms with Gasteiger partial charge >= 0.3 is 5.97 Å². The maximum Gasteiger partial charge on any atom is 0.377 e. The molecule has 2 rings (SSSR count). The molecule has 0 fully saturated rings. The van der Waals surface area contributed by atoms with Crippen LogP contribution in [0.1, 0.15) is 16.2 Å². The van der Waals surface area contributed by atoms with Gasteiger partial charge in [-0.3, -0.25) is 0 Å². The van der Waals surface area contributed by atoms with Crippen LogP contribution in [0, 0.1) is 0 Å². The second-order valence-electron chi connectivity index (χ2n) is 3.73. The molecule has 19 heavy (non-hydrogen) atoms. The second kappa shape index (κ2) is 5.83. The van der Waals surface area contributed by atoms with E-state index in [9.17, 15) is 4.79 Å². The number of benzene rings is 1. The van der Waals surface area contributed by atoms with Crippen molar-refractivity contribution in [1.82, 2.24) is 14.8 Å². The van der Waals surface area contributed by atoms with Crippen molar-refractivity contribution >= 4 is 21.9 Å². The number of hydrogen-bond acceptors (Lipinski definition) is 5. The van der Waals surface area contributed by atoms with Crippen LogP contribution in [0.2, 0.25) is 0 Å². The highest BCUT2D eigenvalue weighted by atomic mass is 79.9. The van der Waals surface area contributed by atoms with E-state index >= 15 is 0 Å². The van der Waals surface area contributed by atoms with Gasteiger partial charge in [0.25, 0.3) is 5.82 Å². The summed E-state index contributed by atoms with van der Waals surface area (Å²) in [6.07, 6.45) is 1.49. The number of hydrogen-bond donors (Lipinski definition) is 0. The molecule has 0 unspecified atom stereocenters. The molecule has 0 aliphatic heterocycles. The molecule has 6 nitrogen and oxygen atoms in total. The minimum absolute atomic E-state index is 0.0510. The summed E-state index contributed by atoms with van der Waals surface area (Å²) in [5.41, 5.74) is 1.01. The van der Waals surface area contributed by atoms with Crippen LogP contribution in [0.15, 0.2) is 29.0 Å². The number of esters is 1. The average molecular weight is 326 g/mol. The normalized spacial score (nSPS) is 10.3. The third-order valence-electron chi connectivity index (χ3n) is 2.47. The van der Waals surface area contributed by atoms with Gasteiger partial charge in [0.2, 0.25) is 0 Å². The Labute approximate surface area is 118 Å². The number of nitrogens with zero attached hydrogens (tertiary/aromatic N) is 3. The molecule has 1 aromatic heterocycles. The quantitative estimate of drug-likeness (QED) is 0.803. The molecule has 2 aromatic rings. The Balaban J connectivity index is 2.15. The maximum atomic E-state index is 11.2. The Morgan fingerprint density at radius 1 is 1.42 bits per heavy atom. The third-order valence-corrected chi connectivity index (χ3v) is 3.08. The topological polar surface area (TPSA) is 66.2 Å². The van der Waals surface area contributed by atoms with Crippen LogP contribution in [-0.4, -0.2) is 35.0 Å². The molecule has 0 atom stereocenters. The molecule has 0 saturated heterocycles. The van der Waals surface area contributed by atoms with E-state index < -0.39 is 5.97 Å². The number of ether oxygens (including phenoxy) is 2. The summed E-state index contributed by atoms with van der Waals surface area (Å²) < 4.78 is 12.1. The predicted molar refractivity (Wildman–Crippen MR) is 71.2 cm³/mol. The number of methoxy groups -OCH3 is 2. The minimum Gasteiger partial charge on any atom is -0.496 e. The summed E-state index contributed by atoms with van der Waals surface area (Å²) in [4.78, 5) is 15.1. The lowest BCUT2D eigenvalue weighted by molar-refractivity contribution is 0.0586. The Hall–Kier alpha value is -1.89. The number of rotatable bonds is 4. The standard InChI is InChI=1S/C12H12BrN3O3/c1-18-10-4-3-8(5-9(10)13)6-16-7-14-11(15-16)12(17)19-2/h3-5,7H,6H2,1-2H3. The second-order valence-corrected chi connectivity index (χ2v) is 4.58. The first-order valence-corrected chi connectivity index (χ1v) is 6.23. The highest BCUT2D eigenvalue weighted by Crippen LogP contribution is 2.25. The van der Waals surface area contributed by atoms with Crippen molar-refractivity contribution in [2.24, 2.45) is 0 Å². The van der Waals surface area contributed by atoms with Crippen LogP contribution in [0.3, 0.4) is 0 Å². The van der Waals surface area contributed by atoms with Crippen LogP contribution in [0.4, 0.5) is 0 Å². The number of carbonyl (C=O) groups excluding carboxylic acids is 1. The molecular weight excluding hydrogens is 314 g/mol. The lowest BCUT2D eigenvalue weighted by Gasteiger charge is -2.06. The number of aromatic nitrogens is 3. The molecule has 0 aliphatic carbocycles. The van der Waals surface area contributed by atoms with Crippen LogP contribution in [0.5, 0.6) is 5.75 Å². The molecule has 0 N–H and O–H groups in total. The van der Waals surface area contributed by atoms with E-state index in [-0.39, 0.29) is 5.82 Å². The van der Waals surface area contributed by atoms with Gasteiger partial charge in [-0.2, -0.15) is 0 Å². The van der Waals surface area contributed by atoms with Crippen molar-refractivity contribution in [3.05, 3.63) is 40.4 Å². The molecule has 0 aliphatic rings. The summed E-state index contributed by atoms with van der Waals surface area (Å²) in [6.45, 7) is 0.507. The summed E-state index contributed by atoms with van der Waals surface area (Å²) in [6, 6.07) is 5.71. The van der Waals surface area contributed by atoms with E-state index in [4.69, 9.17) is 4.74 Å². The Morgan fingerprint density at radius 3 is 2.84 bits per heavy atom. The molecular formula is C12H12BrN3O3. The molecule has 1 aromatic carbocycles. The molecule has 0 radical (unpaired) electrons. The maximum absolute atomic E-state index is 11.2. The first-order chi connectivity index (χ1) is 9.13. The first-order valence-electron chi connectivity index (χ1n) is 5.44. The Morgan fingerprint density at radius 2 is 2.21 bits per heavy atom. The fourth-order valence-corrected chi connectivity index (χ4v) is 2.14. The van der Waals surface area contributed by atoms with Gasteiger partial charge in [-0.15, -0.1) is 5.10 Å². The van der Waals surface area contributed by atoms with Crippen molar-refractivity contribution in [1.29, 1.82) is 0 Å². The monoisotopic (exact) mass is 325 g/mol. The minimum atomic E-state index is -0.547. The zero-order chi connectivity index (χ0) is 13.8. The van der Waals surface area contributed by atoms with Gasteiger partial charge < -0.3 is 9.47 Å². The summed E-state index contributed by atoms with van der Waals surface area (Å²) >= 11 is 3.42. The van der Waals surface area contributed by atoms with Gasteiger partial charge in [0, 0.05) is 0 Å². The molecule has 0 saturated carbocycles. The molecule has 0 bridgehead atoms. The summed E-state index contributed by atoms with van der Waals surface area (Å²) in [5, 5.41) is 4.03. The van der Waals surface area contributed by atoms with Crippen molar-refractivity contribution in [2.75, 3.05) is 14.2 Å². The summed E-state index contributed by atoms with van der Waals surface area (Å²) in [5.74, 6) is 0.266. The van der Waals surface area contributed by atoms with Crippen molar-refractivity contribution < 1.29 is 14.3 Å². The molecule has 0 amide bonds. The number of carbonyl (C=O) groups is 1. The molecule has 0 spiro atoms. The number of halogens is 1. The predicted octanol–water partition coefficient (Wildman–Crippen LogP) is 1.88. The average Bonchev–Trinajstić information content (AvgIpc) is 2.86. The van der Waals surface area contributed by atoms with Crippen LogP contribution < -0.4 is 4.74 Å². The first kappa shape index (κ1) is 13.5. The highest BCUT2D eigenvalue weighted by Gasteiger charge is 2.11. The highest BCUT2D eigenvalue weighted by molar-refractivity contribution is 9.10. The SMILES string of the molecule is COC(=O)c1ncn(Cc2ccc(OC)c(Br)c2)n1. The third kappa shape index (κ3) is 3.11. The van der Waals surface area contributed by atoms with E-state index in [2.05, 4.69) is 30.7 Å². The van der Waals surface area contributed by atoms with E-state index in [1.807, 2.05) is 18.2 Å². The Bertz CT molecular complexity index is 598. The van der Waals surface area contributed by atoms with Gasteiger partial charge in [0.15, 0.2) is 0 Å². The van der Waals surface area contributed by atoms with E-state index in [1.54, 1.807) is 11.8 Å². The van der Waals surface area contributed by atoms with Crippen LogP contribution >= 0.6 is 15.9 Å². The van der Waals surface area contributed by atoms with Crippen molar-refractivity contribution in [3.63, 3.8) is 0 Å². The van der Waals surface area contributed by atoms with Gasteiger partial charge in [0.05, 0.1) is 25.2 Å².